The molecule has 112 valence electrons. The Balaban J connectivity index is 2.69. The van der Waals surface area contributed by atoms with Gasteiger partial charge in [0.1, 0.15) is 0 Å². The van der Waals surface area contributed by atoms with E-state index in [0.29, 0.717) is 12.1 Å². The molecule has 2 nitrogen and oxygen atoms in total. The van der Waals surface area contributed by atoms with Gasteiger partial charge in [0.2, 0.25) is 5.91 Å². The molecule has 0 aromatic heterocycles. The molecule has 1 rings (SSSR count). The third kappa shape index (κ3) is 6.44. The Morgan fingerprint density at radius 3 is 2.24 bits per heavy atom. The number of nitrogens with zero attached hydrogens (tertiary/aromatic N) is 1. The van der Waals surface area contributed by atoms with Crippen molar-refractivity contribution in [1.29, 1.82) is 0 Å². The molecule has 0 bridgehead atoms. The van der Waals surface area contributed by atoms with Crippen LogP contribution in [0, 0.1) is 6.92 Å². The van der Waals surface area contributed by atoms with Gasteiger partial charge in [0.05, 0.1) is 0 Å². The van der Waals surface area contributed by atoms with Crippen LogP contribution in [0.3, 0.4) is 0 Å². The first-order valence-corrected chi connectivity index (χ1v) is 7.33. The normalized spacial score (nSPS) is 11.2. The lowest BCUT2D eigenvalue weighted by Gasteiger charge is -2.20. The Bertz CT molecular complexity index is 519. The van der Waals surface area contributed by atoms with Crippen molar-refractivity contribution >= 4 is 11.6 Å². The molecule has 1 aromatic rings. The van der Waals surface area contributed by atoms with Crippen LogP contribution in [-0.4, -0.2) is 12.5 Å². The predicted molar refractivity (Wildman–Crippen MR) is 90.3 cm³/mol. The van der Waals surface area contributed by atoms with E-state index in [9.17, 15) is 4.79 Å². The lowest BCUT2D eigenvalue weighted by Crippen LogP contribution is -2.28. The fourth-order valence-corrected chi connectivity index (χ4v) is 2.01. The van der Waals surface area contributed by atoms with Gasteiger partial charge in [-0.25, -0.2) is 0 Å². The van der Waals surface area contributed by atoms with Gasteiger partial charge in [0.15, 0.2) is 0 Å². The minimum Gasteiger partial charge on any atom is -0.309 e. The number of benzene rings is 1. The predicted octanol–water partition coefficient (Wildman–Crippen LogP) is 4.79. The minimum atomic E-state index is 0.0353. The largest absolute Gasteiger partial charge is 0.309 e. The van der Waals surface area contributed by atoms with Gasteiger partial charge in [0, 0.05) is 19.2 Å². The van der Waals surface area contributed by atoms with Crippen LogP contribution in [0.25, 0.3) is 0 Å². The van der Waals surface area contributed by atoms with Crippen LogP contribution < -0.4 is 4.90 Å². The lowest BCUT2D eigenvalue weighted by atomic mass is 10.1. The van der Waals surface area contributed by atoms with Gasteiger partial charge in [-0.05, 0) is 58.2 Å². The number of amides is 1. The standard InChI is InChI=1S/C19H25NO/c1-15(2)7-6-8-16(3)13-14-20(18(5)21)19-11-9-17(4)10-12-19/h4,7,9-13H,6,8,14H2,1-3,5H3/b16-13+. The van der Waals surface area contributed by atoms with E-state index in [1.165, 1.54) is 11.1 Å². The number of carbonyl (C=O) groups is 1. The average molecular weight is 283 g/mol. The van der Waals surface area contributed by atoms with Gasteiger partial charge in [0.25, 0.3) is 0 Å². The maximum Gasteiger partial charge on any atom is 0.224 e. The first-order valence-electron chi connectivity index (χ1n) is 7.33. The molecular formula is C19H25NO. The van der Waals surface area contributed by atoms with Crippen molar-refractivity contribution < 1.29 is 4.79 Å². The Labute approximate surface area is 129 Å². The van der Waals surface area contributed by atoms with Crippen molar-refractivity contribution in [3.63, 3.8) is 0 Å². The number of anilines is 1. The third-order valence-corrected chi connectivity index (χ3v) is 3.30. The van der Waals surface area contributed by atoms with Crippen LogP contribution in [0.2, 0.25) is 0 Å². The van der Waals surface area contributed by atoms with Gasteiger partial charge in [-0.2, -0.15) is 0 Å². The highest BCUT2D eigenvalue weighted by Crippen LogP contribution is 2.16. The van der Waals surface area contributed by atoms with E-state index in [4.69, 9.17) is 6.92 Å². The van der Waals surface area contributed by atoms with Gasteiger partial charge >= 0.3 is 0 Å². The smallest absolute Gasteiger partial charge is 0.224 e. The first-order chi connectivity index (χ1) is 9.90. The van der Waals surface area contributed by atoms with Gasteiger partial charge in [-0.3, -0.25) is 4.79 Å². The summed E-state index contributed by atoms with van der Waals surface area (Å²) < 4.78 is 0. The second kappa shape index (κ2) is 8.46. The zero-order valence-corrected chi connectivity index (χ0v) is 13.5. The molecule has 0 aliphatic rings. The summed E-state index contributed by atoms with van der Waals surface area (Å²) in [5.74, 6) is 0.0353. The van der Waals surface area contributed by atoms with E-state index >= 15 is 0 Å². The first kappa shape index (κ1) is 17.2. The van der Waals surface area contributed by atoms with Crippen LogP contribution in [-0.2, 0) is 4.79 Å². The molecule has 0 spiro atoms. The number of allylic oxidation sites excluding steroid dienone is 3. The maximum absolute atomic E-state index is 11.8. The highest BCUT2D eigenvalue weighted by Gasteiger charge is 2.09. The number of rotatable bonds is 6. The molecule has 0 saturated carbocycles. The highest BCUT2D eigenvalue weighted by atomic mass is 16.2. The summed E-state index contributed by atoms with van der Waals surface area (Å²) in [5.41, 5.74) is 4.23. The Kier molecular flexibility index (Phi) is 6.93. The van der Waals surface area contributed by atoms with Gasteiger partial charge in [-0.15, -0.1) is 0 Å². The molecule has 2 heteroatoms. The molecule has 0 aliphatic heterocycles. The van der Waals surface area contributed by atoms with Crippen molar-refractivity contribution in [2.45, 2.75) is 40.5 Å². The molecule has 0 heterocycles. The van der Waals surface area contributed by atoms with Crippen molar-refractivity contribution in [3.05, 3.63) is 60.1 Å². The molecule has 0 N–H and O–H groups in total. The van der Waals surface area contributed by atoms with E-state index < -0.39 is 0 Å². The topological polar surface area (TPSA) is 20.3 Å². The summed E-state index contributed by atoms with van der Waals surface area (Å²) >= 11 is 0. The van der Waals surface area contributed by atoms with E-state index in [-0.39, 0.29) is 5.91 Å². The molecular weight excluding hydrogens is 258 g/mol. The summed E-state index contributed by atoms with van der Waals surface area (Å²) in [6.45, 7) is 14.2. The van der Waals surface area contributed by atoms with Crippen molar-refractivity contribution in [3.8, 4) is 0 Å². The molecule has 21 heavy (non-hydrogen) atoms. The Morgan fingerprint density at radius 2 is 1.71 bits per heavy atom. The fourth-order valence-electron chi connectivity index (χ4n) is 2.01. The Hall–Kier alpha value is -1.83. The van der Waals surface area contributed by atoms with Crippen LogP contribution in [0.1, 0.15) is 46.1 Å². The average Bonchev–Trinajstić information content (AvgIpc) is 2.40. The second-order valence-electron chi connectivity index (χ2n) is 5.59. The summed E-state index contributed by atoms with van der Waals surface area (Å²) in [7, 11) is 0. The zero-order chi connectivity index (χ0) is 15.8. The monoisotopic (exact) mass is 283 g/mol. The highest BCUT2D eigenvalue weighted by molar-refractivity contribution is 5.91. The third-order valence-electron chi connectivity index (χ3n) is 3.30. The second-order valence-corrected chi connectivity index (χ2v) is 5.59. The number of carbonyl (C=O) groups excluding carboxylic acids is 1. The molecule has 0 fully saturated rings. The molecule has 0 aliphatic carbocycles. The van der Waals surface area contributed by atoms with Crippen LogP contribution >= 0.6 is 0 Å². The number of hydrogen-bond acceptors (Lipinski definition) is 1. The van der Waals surface area contributed by atoms with Crippen LogP contribution in [0.15, 0.2) is 47.6 Å². The molecule has 2 radical (unpaired) electrons. The van der Waals surface area contributed by atoms with Crippen LogP contribution in [0.5, 0.6) is 0 Å². The van der Waals surface area contributed by atoms with Crippen molar-refractivity contribution in [1.82, 2.24) is 0 Å². The van der Waals surface area contributed by atoms with Crippen molar-refractivity contribution in [2.75, 3.05) is 11.4 Å². The quantitative estimate of drug-likeness (QED) is 0.687. The number of hydrogen-bond donors (Lipinski definition) is 0. The van der Waals surface area contributed by atoms with E-state index in [1.807, 2.05) is 24.3 Å². The van der Waals surface area contributed by atoms with Crippen LogP contribution in [0.4, 0.5) is 5.69 Å². The minimum absolute atomic E-state index is 0.0353. The van der Waals surface area contributed by atoms with Gasteiger partial charge in [-0.1, -0.05) is 35.4 Å². The van der Waals surface area contributed by atoms with E-state index in [1.54, 1.807) is 11.8 Å². The molecule has 1 amide bonds. The SMILES string of the molecule is [CH]c1ccc(N(C/C=C(\C)CCC=C(C)C)C(C)=O)cc1. The maximum atomic E-state index is 11.8. The molecule has 0 unspecified atom stereocenters. The van der Waals surface area contributed by atoms with E-state index in [2.05, 4.69) is 32.9 Å². The zero-order valence-electron chi connectivity index (χ0n) is 13.5. The summed E-state index contributed by atoms with van der Waals surface area (Å²) in [6, 6.07) is 7.39. The molecule has 0 atom stereocenters. The molecule has 0 saturated heterocycles. The van der Waals surface area contributed by atoms with Gasteiger partial charge < -0.3 is 4.90 Å². The summed E-state index contributed by atoms with van der Waals surface area (Å²) in [5, 5.41) is 0. The summed E-state index contributed by atoms with van der Waals surface area (Å²) in [6.07, 6.45) is 6.43. The molecule has 1 aromatic carbocycles. The summed E-state index contributed by atoms with van der Waals surface area (Å²) in [4.78, 5) is 13.6. The Morgan fingerprint density at radius 1 is 1.10 bits per heavy atom. The fraction of sp³-hybridized carbons (Fsp3) is 0.368. The lowest BCUT2D eigenvalue weighted by molar-refractivity contribution is -0.116. The van der Waals surface area contributed by atoms with E-state index in [0.717, 1.165) is 18.5 Å². The van der Waals surface area contributed by atoms with Crippen molar-refractivity contribution in [2.24, 2.45) is 0 Å².